The van der Waals surface area contributed by atoms with E-state index in [1.54, 1.807) is 19.1 Å². The van der Waals surface area contributed by atoms with Crippen LogP contribution in [0.2, 0.25) is 0 Å². The molecular weight excluding hydrogens is 436 g/mol. The van der Waals surface area contributed by atoms with E-state index in [-0.39, 0.29) is 35.3 Å². The highest BCUT2D eigenvalue weighted by Crippen LogP contribution is 2.31. The molecule has 32 heavy (non-hydrogen) atoms. The quantitative estimate of drug-likeness (QED) is 0.507. The lowest BCUT2D eigenvalue weighted by Gasteiger charge is -2.37. The van der Waals surface area contributed by atoms with E-state index in [1.165, 1.54) is 7.11 Å². The summed E-state index contributed by atoms with van der Waals surface area (Å²) in [6.45, 7) is 5.09. The number of phenolic OH excluding ortho intramolecular Hbond substituents is 1. The van der Waals surface area contributed by atoms with Crippen LogP contribution in [0.15, 0.2) is 21.3 Å². The maximum Gasteiger partial charge on any atom is 0.340 e. The van der Waals surface area contributed by atoms with E-state index in [9.17, 15) is 23.1 Å². The minimum Gasteiger partial charge on any atom is -0.507 e. The van der Waals surface area contributed by atoms with Gasteiger partial charge in [-0.15, -0.1) is 0 Å². The van der Waals surface area contributed by atoms with Gasteiger partial charge in [0.15, 0.2) is 9.84 Å². The molecule has 1 aromatic carbocycles. The van der Waals surface area contributed by atoms with Crippen molar-refractivity contribution in [1.29, 1.82) is 0 Å². The van der Waals surface area contributed by atoms with Crippen molar-refractivity contribution in [2.24, 2.45) is 0 Å². The molecule has 2 saturated heterocycles. The van der Waals surface area contributed by atoms with Gasteiger partial charge < -0.3 is 14.3 Å². The van der Waals surface area contributed by atoms with Crippen molar-refractivity contribution in [1.82, 2.24) is 9.80 Å². The number of carbonyl (C=O) groups excluding carboxylic acids is 1. The molecule has 0 saturated carbocycles. The van der Waals surface area contributed by atoms with Crippen LogP contribution in [-0.4, -0.2) is 80.1 Å². The number of piperazine rings is 1. The molecule has 0 amide bonds. The number of nitrogens with zero attached hydrogens (tertiary/aromatic N) is 2. The number of carbonyl (C=O) groups is 1. The van der Waals surface area contributed by atoms with Crippen molar-refractivity contribution in [2.45, 2.75) is 32.4 Å². The van der Waals surface area contributed by atoms with Crippen molar-refractivity contribution < 1.29 is 27.5 Å². The Bertz CT molecular complexity index is 1200. The number of phenols is 1. The van der Waals surface area contributed by atoms with Gasteiger partial charge in [-0.05, 0) is 31.0 Å². The van der Waals surface area contributed by atoms with Crippen LogP contribution in [0.25, 0.3) is 11.0 Å². The van der Waals surface area contributed by atoms with Gasteiger partial charge in [0, 0.05) is 44.2 Å². The van der Waals surface area contributed by atoms with Gasteiger partial charge in [0.2, 0.25) is 0 Å². The number of sulfone groups is 1. The van der Waals surface area contributed by atoms with E-state index in [0.717, 1.165) is 26.2 Å². The number of hydrogen-bond donors (Lipinski definition) is 1. The second-order valence-corrected chi connectivity index (χ2v) is 10.8. The molecule has 1 aromatic heterocycles. The highest BCUT2D eigenvalue weighted by molar-refractivity contribution is 7.91. The van der Waals surface area contributed by atoms with Crippen LogP contribution in [0, 0.1) is 6.92 Å². The molecule has 3 heterocycles. The number of esters is 1. The molecule has 1 N–H and O–H groups in total. The molecule has 2 aliphatic rings. The summed E-state index contributed by atoms with van der Waals surface area (Å²) in [6.07, 6.45) is 0.514. The van der Waals surface area contributed by atoms with E-state index in [0.29, 0.717) is 35.1 Å². The number of fused-ring (bicyclic) bond motifs is 1. The zero-order chi connectivity index (χ0) is 23.0. The molecule has 0 aliphatic carbocycles. The Morgan fingerprint density at radius 2 is 1.94 bits per heavy atom. The minimum atomic E-state index is -2.92. The normalized spacial score (nSPS) is 21.8. The van der Waals surface area contributed by atoms with E-state index in [1.807, 2.05) is 0 Å². The molecule has 0 spiro atoms. The summed E-state index contributed by atoms with van der Waals surface area (Å²) >= 11 is 0. The van der Waals surface area contributed by atoms with Crippen LogP contribution in [0.5, 0.6) is 5.75 Å². The van der Waals surface area contributed by atoms with Gasteiger partial charge >= 0.3 is 11.6 Å². The predicted molar refractivity (Wildman–Crippen MR) is 119 cm³/mol. The lowest BCUT2D eigenvalue weighted by Crippen LogP contribution is -2.50. The van der Waals surface area contributed by atoms with Crippen LogP contribution in [0.1, 0.15) is 23.1 Å². The van der Waals surface area contributed by atoms with E-state index in [2.05, 4.69) is 14.5 Å². The molecule has 0 bridgehead atoms. The fourth-order valence-corrected chi connectivity index (χ4v) is 6.41. The summed E-state index contributed by atoms with van der Waals surface area (Å²) in [5.74, 6) is 0.0184. The maximum atomic E-state index is 12.6. The van der Waals surface area contributed by atoms with Crippen molar-refractivity contribution >= 4 is 26.8 Å². The largest absolute Gasteiger partial charge is 0.507 e. The first-order valence-electron chi connectivity index (χ1n) is 10.7. The van der Waals surface area contributed by atoms with E-state index >= 15 is 0 Å². The minimum absolute atomic E-state index is 0.0464. The number of benzene rings is 1. The molecule has 0 unspecified atom stereocenters. The van der Waals surface area contributed by atoms with Crippen LogP contribution in [-0.2, 0) is 32.3 Å². The van der Waals surface area contributed by atoms with Gasteiger partial charge in [-0.3, -0.25) is 14.6 Å². The molecule has 0 radical (unpaired) electrons. The van der Waals surface area contributed by atoms with Gasteiger partial charge in [-0.1, -0.05) is 0 Å². The number of hydrogen-bond acceptors (Lipinski definition) is 9. The van der Waals surface area contributed by atoms with Crippen LogP contribution >= 0.6 is 0 Å². The van der Waals surface area contributed by atoms with Crippen LogP contribution in [0.3, 0.4) is 0 Å². The van der Waals surface area contributed by atoms with Gasteiger partial charge in [0.1, 0.15) is 11.3 Å². The van der Waals surface area contributed by atoms with Crippen molar-refractivity contribution in [2.75, 3.05) is 44.8 Å². The standard InChI is InChI=1S/C22H28N2O7S/c1-14-16-3-4-19(25)18(21(16)31-22(27)17(14)11-20(26)30-2)12-23-6-8-24(9-7-23)15-5-10-32(28,29)13-15/h3-4,15,25H,5-13H2,1-2H3/t15-/m0/s1. The Kier molecular flexibility index (Phi) is 6.28. The van der Waals surface area contributed by atoms with Gasteiger partial charge in [-0.25, -0.2) is 13.2 Å². The molecule has 9 nitrogen and oxygen atoms in total. The summed E-state index contributed by atoms with van der Waals surface area (Å²) in [5, 5.41) is 11.2. The zero-order valence-electron chi connectivity index (χ0n) is 18.3. The third-order valence-electron chi connectivity index (χ3n) is 6.60. The average molecular weight is 465 g/mol. The fourth-order valence-electron chi connectivity index (χ4n) is 4.65. The molecule has 2 fully saturated rings. The zero-order valence-corrected chi connectivity index (χ0v) is 19.1. The third kappa shape index (κ3) is 4.53. The number of rotatable bonds is 5. The predicted octanol–water partition coefficient (Wildman–Crippen LogP) is 0.827. The third-order valence-corrected chi connectivity index (χ3v) is 8.35. The van der Waals surface area contributed by atoms with Crippen molar-refractivity contribution in [3.63, 3.8) is 0 Å². The summed E-state index contributed by atoms with van der Waals surface area (Å²) in [4.78, 5) is 28.6. The van der Waals surface area contributed by atoms with Gasteiger partial charge in [0.25, 0.3) is 0 Å². The Balaban J connectivity index is 1.54. The number of methoxy groups -OCH3 is 1. The summed E-state index contributed by atoms with van der Waals surface area (Å²) in [6, 6.07) is 3.35. The first-order valence-corrected chi connectivity index (χ1v) is 12.5. The van der Waals surface area contributed by atoms with E-state index < -0.39 is 21.4 Å². The lowest BCUT2D eigenvalue weighted by molar-refractivity contribution is -0.139. The van der Waals surface area contributed by atoms with Crippen molar-refractivity contribution in [3.05, 3.63) is 39.2 Å². The average Bonchev–Trinajstić information content (AvgIpc) is 3.13. The Morgan fingerprint density at radius 3 is 2.56 bits per heavy atom. The maximum absolute atomic E-state index is 12.6. The fraction of sp³-hybridized carbons (Fsp3) is 0.545. The van der Waals surface area contributed by atoms with Crippen LogP contribution in [0.4, 0.5) is 0 Å². The SMILES string of the molecule is COC(=O)Cc1c(C)c2ccc(O)c(CN3CCN([C@H]4CCS(=O)(=O)C4)CC3)c2oc1=O. The molecule has 2 aliphatic heterocycles. The molecule has 1 atom stereocenters. The van der Waals surface area contributed by atoms with Crippen LogP contribution < -0.4 is 5.63 Å². The topological polar surface area (TPSA) is 117 Å². The Morgan fingerprint density at radius 1 is 1.22 bits per heavy atom. The Labute approximate surface area is 186 Å². The monoisotopic (exact) mass is 464 g/mol. The van der Waals surface area contributed by atoms with Crippen molar-refractivity contribution in [3.8, 4) is 5.75 Å². The molecular formula is C22H28N2O7S. The molecule has 174 valence electrons. The summed E-state index contributed by atoms with van der Waals surface area (Å²) in [7, 11) is -1.65. The second kappa shape index (κ2) is 8.84. The molecule has 2 aromatic rings. The first-order chi connectivity index (χ1) is 15.2. The second-order valence-electron chi connectivity index (χ2n) is 8.55. The summed E-state index contributed by atoms with van der Waals surface area (Å²) in [5.41, 5.74) is 1.13. The Hall–Kier alpha value is -2.43. The van der Waals surface area contributed by atoms with Gasteiger partial charge in [0.05, 0.1) is 36.2 Å². The lowest BCUT2D eigenvalue weighted by atomic mass is 10.0. The smallest absolute Gasteiger partial charge is 0.340 e. The van der Waals surface area contributed by atoms with E-state index in [4.69, 9.17) is 4.42 Å². The summed E-state index contributed by atoms with van der Waals surface area (Å²) < 4.78 is 33.8. The molecule has 10 heteroatoms. The highest BCUT2D eigenvalue weighted by Gasteiger charge is 2.34. The molecule has 4 rings (SSSR count). The number of aryl methyl sites for hydroxylation is 1. The number of ether oxygens (including phenoxy) is 1. The first kappa shape index (κ1) is 22.8. The highest BCUT2D eigenvalue weighted by atomic mass is 32.2. The number of aromatic hydroxyl groups is 1. The van der Waals surface area contributed by atoms with Gasteiger partial charge in [-0.2, -0.15) is 0 Å².